The first-order chi connectivity index (χ1) is 17.9. The summed E-state index contributed by atoms with van der Waals surface area (Å²) in [4.78, 5) is 25.1. The van der Waals surface area contributed by atoms with Crippen LogP contribution < -0.4 is 16.4 Å². The van der Waals surface area contributed by atoms with Crippen molar-refractivity contribution in [2.24, 2.45) is 5.73 Å². The van der Waals surface area contributed by atoms with Gasteiger partial charge in [-0.1, -0.05) is 54.6 Å². The Morgan fingerprint density at radius 2 is 1.65 bits per heavy atom. The third-order valence-electron chi connectivity index (χ3n) is 7.23. The highest BCUT2D eigenvalue weighted by Gasteiger charge is 2.26. The summed E-state index contributed by atoms with van der Waals surface area (Å²) in [6, 6.07) is 22.0. The minimum atomic E-state index is -0.421. The van der Waals surface area contributed by atoms with Gasteiger partial charge in [0.25, 0.3) is 5.91 Å². The molecule has 1 aromatic heterocycles. The van der Waals surface area contributed by atoms with E-state index in [0.717, 1.165) is 52.9 Å². The number of nitrogens with zero attached hydrogens (tertiary/aromatic N) is 1. The third kappa shape index (κ3) is 5.14. The minimum Gasteiger partial charge on any atom is -0.453 e. The van der Waals surface area contributed by atoms with Gasteiger partial charge in [-0.05, 0) is 54.2 Å². The van der Waals surface area contributed by atoms with Crippen molar-refractivity contribution in [3.63, 3.8) is 0 Å². The number of fused-ring (bicyclic) bond motifs is 2. The SMILES string of the molecule is COC(=O)NC1CCC(NC(=O)c2cc3ccc(C(=N)N)cc3n2Cc2cccc3ccccc23)CC1. The van der Waals surface area contributed by atoms with Gasteiger partial charge < -0.3 is 25.7 Å². The molecule has 5 rings (SSSR count). The van der Waals surface area contributed by atoms with Gasteiger partial charge in [-0.15, -0.1) is 0 Å². The van der Waals surface area contributed by atoms with Crippen LogP contribution in [0.2, 0.25) is 0 Å². The Kier molecular flexibility index (Phi) is 6.81. The maximum atomic E-state index is 13.6. The lowest BCUT2D eigenvalue weighted by Crippen LogP contribution is -2.44. The quantitative estimate of drug-likeness (QED) is 0.231. The van der Waals surface area contributed by atoms with Gasteiger partial charge in [-0.3, -0.25) is 10.2 Å². The molecule has 2 amide bonds. The molecule has 4 aromatic rings. The Morgan fingerprint density at radius 3 is 2.38 bits per heavy atom. The number of carbonyl (C=O) groups excluding carboxylic acids is 2. The first-order valence-corrected chi connectivity index (χ1v) is 12.5. The number of ether oxygens (including phenoxy) is 1. The van der Waals surface area contributed by atoms with E-state index in [0.29, 0.717) is 17.8 Å². The highest BCUT2D eigenvalue weighted by atomic mass is 16.5. The average molecular weight is 498 g/mol. The van der Waals surface area contributed by atoms with Crippen LogP contribution in [0.25, 0.3) is 21.7 Å². The van der Waals surface area contributed by atoms with Crippen molar-refractivity contribution in [2.75, 3.05) is 7.11 Å². The number of aromatic nitrogens is 1. The molecule has 190 valence electrons. The van der Waals surface area contributed by atoms with Crippen molar-refractivity contribution in [1.29, 1.82) is 5.41 Å². The van der Waals surface area contributed by atoms with E-state index in [-0.39, 0.29) is 23.8 Å². The van der Waals surface area contributed by atoms with Crippen LogP contribution in [0.5, 0.6) is 0 Å². The number of carbonyl (C=O) groups is 2. The molecular formula is C29H31N5O3. The van der Waals surface area contributed by atoms with E-state index >= 15 is 0 Å². The summed E-state index contributed by atoms with van der Waals surface area (Å²) < 4.78 is 6.72. The van der Waals surface area contributed by atoms with Crippen LogP contribution in [0.1, 0.15) is 47.3 Å². The van der Waals surface area contributed by atoms with Crippen molar-refractivity contribution in [3.05, 3.63) is 83.6 Å². The van der Waals surface area contributed by atoms with E-state index in [9.17, 15) is 9.59 Å². The highest BCUT2D eigenvalue weighted by molar-refractivity contribution is 6.02. The Hall–Kier alpha value is -4.33. The van der Waals surface area contributed by atoms with Crippen LogP contribution in [-0.4, -0.2) is 41.6 Å². The molecule has 1 aliphatic rings. The number of hydrogen-bond acceptors (Lipinski definition) is 4. The van der Waals surface area contributed by atoms with Crippen molar-refractivity contribution in [1.82, 2.24) is 15.2 Å². The van der Waals surface area contributed by atoms with E-state index in [1.54, 1.807) is 0 Å². The Labute approximate surface area is 215 Å². The number of amidine groups is 1. The van der Waals surface area contributed by atoms with Gasteiger partial charge in [0.05, 0.1) is 7.11 Å². The predicted octanol–water partition coefficient (Wildman–Crippen LogP) is 4.52. The van der Waals surface area contributed by atoms with Gasteiger partial charge in [0.2, 0.25) is 0 Å². The first-order valence-electron chi connectivity index (χ1n) is 12.5. The van der Waals surface area contributed by atoms with Gasteiger partial charge in [-0.25, -0.2) is 4.79 Å². The largest absolute Gasteiger partial charge is 0.453 e. The van der Waals surface area contributed by atoms with E-state index < -0.39 is 6.09 Å². The van der Waals surface area contributed by atoms with E-state index in [1.807, 2.05) is 47.0 Å². The molecule has 1 aliphatic carbocycles. The molecular weight excluding hydrogens is 466 g/mol. The normalized spacial score (nSPS) is 17.4. The number of nitrogens with one attached hydrogen (secondary N) is 3. The molecule has 3 aromatic carbocycles. The highest BCUT2D eigenvalue weighted by Crippen LogP contribution is 2.27. The summed E-state index contributed by atoms with van der Waals surface area (Å²) in [5.41, 5.74) is 8.93. The molecule has 0 unspecified atom stereocenters. The second-order valence-corrected chi connectivity index (χ2v) is 9.60. The standard InChI is InChI=1S/C29H31N5O3/c1-37-29(36)33-23-13-11-22(12-14-23)32-28(35)26-15-19-9-10-20(27(30)31)16-25(19)34(26)17-21-7-4-6-18-5-2-3-8-24(18)21/h2-10,15-16,22-23H,11-14,17H2,1H3,(H3,30,31)(H,32,35)(H,33,36). The molecule has 0 spiro atoms. The van der Waals surface area contributed by atoms with Gasteiger partial charge in [-0.2, -0.15) is 0 Å². The summed E-state index contributed by atoms with van der Waals surface area (Å²) in [5, 5.41) is 17.2. The molecule has 1 fully saturated rings. The number of hydrogen-bond donors (Lipinski definition) is 4. The topological polar surface area (TPSA) is 122 Å². The summed E-state index contributed by atoms with van der Waals surface area (Å²) in [5.74, 6) is -0.145. The molecule has 1 heterocycles. The lowest BCUT2D eigenvalue weighted by molar-refractivity contribution is 0.0914. The zero-order valence-electron chi connectivity index (χ0n) is 20.8. The lowest BCUT2D eigenvalue weighted by atomic mass is 9.91. The second-order valence-electron chi connectivity index (χ2n) is 9.60. The molecule has 0 aliphatic heterocycles. The average Bonchev–Trinajstić information content (AvgIpc) is 3.27. The molecule has 0 atom stereocenters. The van der Waals surface area contributed by atoms with Crippen molar-refractivity contribution < 1.29 is 14.3 Å². The fourth-order valence-electron chi connectivity index (χ4n) is 5.25. The maximum absolute atomic E-state index is 13.6. The summed E-state index contributed by atoms with van der Waals surface area (Å²) in [6.07, 6.45) is 2.69. The van der Waals surface area contributed by atoms with Gasteiger partial charge in [0.15, 0.2) is 0 Å². The van der Waals surface area contributed by atoms with E-state index in [4.69, 9.17) is 15.9 Å². The van der Waals surface area contributed by atoms with Crippen molar-refractivity contribution in [3.8, 4) is 0 Å². The van der Waals surface area contributed by atoms with E-state index in [1.165, 1.54) is 7.11 Å². The number of nitrogen functional groups attached to an aromatic ring is 1. The van der Waals surface area contributed by atoms with Crippen molar-refractivity contribution in [2.45, 2.75) is 44.3 Å². The molecule has 37 heavy (non-hydrogen) atoms. The van der Waals surface area contributed by atoms with Gasteiger partial charge >= 0.3 is 6.09 Å². The third-order valence-corrected chi connectivity index (χ3v) is 7.23. The van der Waals surface area contributed by atoms with Gasteiger partial charge in [0.1, 0.15) is 11.5 Å². The number of benzene rings is 3. The fraction of sp³-hybridized carbons (Fsp3) is 0.276. The zero-order valence-corrected chi connectivity index (χ0v) is 20.8. The molecule has 8 nitrogen and oxygen atoms in total. The van der Waals surface area contributed by atoms with Crippen LogP contribution >= 0.6 is 0 Å². The van der Waals surface area contributed by atoms with Crippen molar-refractivity contribution >= 4 is 39.5 Å². The number of methoxy groups -OCH3 is 1. The molecule has 0 radical (unpaired) electrons. The van der Waals surface area contributed by atoms with Crippen LogP contribution in [0.15, 0.2) is 66.7 Å². The fourth-order valence-corrected chi connectivity index (χ4v) is 5.25. The van der Waals surface area contributed by atoms with Crippen LogP contribution in [0, 0.1) is 5.41 Å². The smallest absolute Gasteiger partial charge is 0.407 e. The number of amides is 2. The lowest BCUT2D eigenvalue weighted by Gasteiger charge is -2.29. The molecule has 5 N–H and O–H groups in total. The molecule has 0 bridgehead atoms. The summed E-state index contributed by atoms with van der Waals surface area (Å²) in [7, 11) is 1.36. The first kappa shape index (κ1) is 24.4. The number of nitrogens with two attached hydrogens (primary N) is 1. The van der Waals surface area contributed by atoms with Crippen LogP contribution in [0.3, 0.4) is 0 Å². The van der Waals surface area contributed by atoms with E-state index in [2.05, 4.69) is 34.9 Å². The second kappa shape index (κ2) is 10.3. The molecule has 1 saturated carbocycles. The Bertz CT molecular complexity index is 1480. The van der Waals surface area contributed by atoms with Crippen LogP contribution in [0.4, 0.5) is 4.79 Å². The maximum Gasteiger partial charge on any atom is 0.407 e. The minimum absolute atomic E-state index is 0.0110. The number of alkyl carbamates (subject to hydrolysis) is 1. The summed E-state index contributed by atoms with van der Waals surface area (Å²) >= 11 is 0. The summed E-state index contributed by atoms with van der Waals surface area (Å²) in [6.45, 7) is 0.505. The zero-order chi connectivity index (χ0) is 25.9. The molecule has 8 heteroatoms. The number of rotatable bonds is 6. The Balaban J connectivity index is 1.45. The van der Waals surface area contributed by atoms with Gasteiger partial charge in [0, 0.05) is 35.1 Å². The molecule has 0 saturated heterocycles. The monoisotopic (exact) mass is 497 g/mol. The van der Waals surface area contributed by atoms with Crippen LogP contribution in [-0.2, 0) is 11.3 Å². The Morgan fingerprint density at radius 1 is 0.946 bits per heavy atom. The predicted molar refractivity (Wildman–Crippen MR) is 145 cm³/mol.